The van der Waals surface area contributed by atoms with Crippen LogP contribution < -0.4 is 0 Å². The summed E-state index contributed by atoms with van der Waals surface area (Å²) in [5.74, 6) is 0. The molecule has 0 atom stereocenters. The molecule has 6 nitrogen and oxygen atoms in total. The van der Waals surface area contributed by atoms with Crippen LogP contribution in [0.15, 0.2) is 70.5 Å². The Bertz CT molecular complexity index is 1960. The van der Waals surface area contributed by atoms with Gasteiger partial charge in [-0.15, -0.1) is 0 Å². The summed E-state index contributed by atoms with van der Waals surface area (Å²) < 4.78 is 72.1. The van der Waals surface area contributed by atoms with Gasteiger partial charge in [0.25, 0.3) is 0 Å². The van der Waals surface area contributed by atoms with E-state index in [1.165, 1.54) is 141 Å². The van der Waals surface area contributed by atoms with E-state index in [4.69, 9.17) is 0 Å². The van der Waals surface area contributed by atoms with E-state index in [1.54, 1.807) is 12.1 Å². The molecule has 65 heavy (non-hydrogen) atoms. The van der Waals surface area contributed by atoms with Crippen molar-refractivity contribution in [3.05, 3.63) is 82.9 Å². The molecule has 0 aliphatic carbocycles. The molecule has 0 bridgehead atoms. The Hall–Kier alpha value is -2.16. The molecule has 0 fully saturated rings. The van der Waals surface area contributed by atoms with Gasteiger partial charge in [0.1, 0.15) is 20.2 Å². The third-order valence-corrected chi connectivity index (χ3v) is 14.6. The van der Waals surface area contributed by atoms with Crippen molar-refractivity contribution < 1.29 is 45.4 Å². The maximum atomic E-state index is 12.0. The number of hydrogen-bond acceptors (Lipinski definition) is 6. The van der Waals surface area contributed by atoms with E-state index in [0.29, 0.717) is 10.8 Å². The molecule has 0 saturated heterocycles. The first-order chi connectivity index (χ1) is 30.9. The van der Waals surface area contributed by atoms with Crippen LogP contribution in [0.4, 0.5) is 0 Å². The van der Waals surface area contributed by atoms with Gasteiger partial charge in [0, 0.05) is 0 Å². The van der Waals surface area contributed by atoms with Crippen LogP contribution in [0.25, 0.3) is 21.5 Å². The van der Waals surface area contributed by atoms with Crippen LogP contribution >= 0.6 is 0 Å². The third kappa shape index (κ3) is 24.1. The summed E-state index contributed by atoms with van der Waals surface area (Å²) in [4.78, 5) is -0.0938. The normalized spacial score (nSPS) is 11.8. The number of aryl methyl sites for hydroxylation is 4. The quantitative estimate of drug-likeness (QED) is 0.0262. The predicted octanol–water partition coefficient (Wildman–Crippen LogP) is 16.7. The van der Waals surface area contributed by atoms with Gasteiger partial charge < -0.3 is 9.11 Å². The van der Waals surface area contributed by atoms with Crippen LogP contribution in [0.5, 0.6) is 0 Å². The minimum atomic E-state index is -4.50. The Morgan fingerprint density at radius 2 is 0.569 bits per heavy atom. The molecule has 4 rings (SSSR count). The Labute approximate surface area is 410 Å². The molecule has 4 aromatic carbocycles. The van der Waals surface area contributed by atoms with Crippen molar-refractivity contribution in [3.63, 3.8) is 0 Å². The minimum Gasteiger partial charge on any atom is -0.744 e. The van der Waals surface area contributed by atoms with Crippen LogP contribution in [-0.2, 0) is 65.4 Å². The van der Waals surface area contributed by atoms with Crippen LogP contribution in [0, 0.1) is 0 Å². The molecule has 0 heterocycles. The van der Waals surface area contributed by atoms with Gasteiger partial charge in [-0.2, -0.15) is 0 Å². The molecule has 0 aliphatic rings. The van der Waals surface area contributed by atoms with E-state index in [2.05, 4.69) is 52.0 Å². The summed E-state index contributed by atoms with van der Waals surface area (Å²) in [5.41, 5.74) is 4.16. The van der Waals surface area contributed by atoms with E-state index >= 15 is 0 Å². The molecule has 0 saturated carbocycles. The van der Waals surface area contributed by atoms with Crippen LogP contribution in [0.2, 0.25) is 0 Å². The standard InChI is InChI=1S/2C28H44O3S.Zn/c2*1-3-5-7-9-11-13-15-17-24-19-20-26-21-25(18-16-14-12-10-8-6-4-2)23-28(27(26)22-24)32(29,30)31;/h2*19-23H,3-18H2,1-2H3,(H,29,30,31);/q;;+2/p-2. The average molecular weight is 985 g/mol. The van der Waals surface area contributed by atoms with Gasteiger partial charge in [-0.3, -0.25) is 0 Å². The van der Waals surface area contributed by atoms with Crippen molar-refractivity contribution in [2.45, 2.75) is 243 Å². The molecule has 0 radical (unpaired) electrons. The number of hydrogen-bond donors (Lipinski definition) is 0. The van der Waals surface area contributed by atoms with Crippen molar-refractivity contribution in [1.29, 1.82) is 0 Å². The van der Waals surface area contributed by atoms with E-state index in [-0.39, 0.29) is 29.3 Å². The fraction of sp³-hybridized carbons (Fsp3) is 0.643. The fourth-order valence-corrected chi connectivity index (χ4v) is 10.5. The Kier molecular flexibility index (Phi) is 31.0. The average Bonchev–Trinajstić information content (AvgIpc) is 3.27. The molecular formula is C56H86O6S2Zn. The number of benzene rings is 4. The molecule has 9 heteroatoms. The maximum Gasteiger partial charge on any atom is 2.00 e. The number of rotatable bonds is 34. The molecule has 0 unspecified atom stereocenters. The first-order valence-electron chi connectivity index (χ1n) is 25.9. The van der Waals surface area contributed by atoms with Crippen LogP contribution in [0.1, 0.15) is 230 Å². The van der Waals surface area contributed by atoms with Gasteiger partial charge in [-0.1, -0.05) is 218 Å². The van der Waals surface area contributed by atoms with Gasteiger partial charge >= 0.3 is 19.5 Å². The number of fused-ring (bicyclic) bond motifs is 2. The first kappa shape index (κ1) is 59.0. The van der Waals surface area contributed by atoms with Crippen molar-refractivity contribution in [3.8, 4) is 0 Å². The Balaban J connectivity index is 0.000000440. The fourth-order valence-electron chi connectivity index (χ4n) is 9.02. The molecule has 0 amide bonds. The maximum absolute atomic E-state index is 12.0. The zero-order chi connectivity index (χ0) is 46.5. The summed E-state index contributed by atoms with van der Waals surface area (Å²) in [6, 6.07) is 19.4. The molecule has 0 N–H and O–H groups in total. The van der Waals surface area contributed by atoms with Crippen molar-refractivity contribution >= 4 is 41.8 Å². The molecule has 4 aromatic rings. The Morgan fingerprint density at radius 3 is 0.831 bits per heavy atom. The SMILES string of the molecule is CCCCCCCCCc1cc(S(=O)(=O)[O-])c2cc(CCCCCCCCC)ccc2c1.CCCCCCCCCc1cc(S(=O)(=O)[O-])c2cc(CCCCCCCCC)ccc2c1.[Zn+2]. The van der Waals surface area contributed by atoms with Crippen LogP contribution in [-0.4, -0.2) is 25.9 Å². The smallest absolute Gasteiger partial charge is 0.744 e. The van der Waals surface area contributed by atoms with Crippen LogP contribution in [0.3, 0.4) is 0 Å². The van der Waals surface area contributed by atoms with Gasteiger partial charge in [-0.25, -0.2) is 16.8 Å². The third-order valence-electron chi connectivity index (χ3n) is 12.9. The summed E-state index contributed by atoms with van der Waals surface area (Å²) in [6.07, 6.45) is 38.1. The molecular weight excluding hydrogens is 898 g/mol. The van der Waals surface area contributed by atoms with Crippen molar-refractivity contribution in [1.82, 2.24) is 0 Å². The van der Waals surface area contributed by atoms with Gasteiger partial charge in [0.05, 0.1) is 9.79 Å². The summed E-state index contributed by atoms with van der Waals surface area (Å²) in [6.45, 7) is 8.91. The minimum absolute atomic E-state index is 0. The van der Waals surface area contributed by atoms with E-state index in [1.807, 2.05) is 24.3 Å². The predicted molar refractivity (Wildman–Crippen MR) is 271 cm³/mol. The summed E-state index contributed by atoms with van der Waals surface area (Å²) in [7, 11) is -9.00. The van der Waals surface area contributed by atoms with E-state index in [0.717, 1.165) is 97.2 Å². The topological polar surface area (TPSA) is 114 Å². The second-order valence-electron chi connectivity index (χ2n) is 18.7. The zero-order valence-corrected chi connectivity index (χ0v) is 46.0. The Morgan fingerprint density at radius 1 is 0.323 bits per heavy atom. The van der Waals surface area contributed by atoms with Gasteiger partial charge in [0.15, 0.2) is 0 Å². The van der Waals surface area contributed by atoms with Crippen molar-refractivity contribution in [2.24, 2.45) is 0 Å². The van der Waals surface area contributed by atoms with E-state index < -0.39 is 20.2 Å². The monoisotopic (exact) mass is 983 g/mol. The summed E-state index contributed by atoms with van der Waals surface area (Å²) in [5, 5.41) is 2.90. The van der Waals surface area contributed by atoms with Gasteiger partial charge in [0.2, 0.25) is 0 Å². The molecule has 0 aliphatic heterocycles. The second kappa shape index (κ2) is 34.2. The largest absolute Gasteiger partial charge is 2.00 e. The van der Waals surface area contributed by atoms with Gasteiger partial charge in [-0.05, 0) is 119 Å². The molecule has 360 valence electrons. The zero-order valence-electron chi connectivity index (χ0n) is 41.4. The number of unbranched alkanes of at least 4 members (excludes halogenated alkanes) is 24. The molecule has 0 aromatic heterocycles. The first-order valence-corrected chi connectivity index (χ1v) is 28.8. The molecule has 0 spiro atoms. The summed E-state index contributed by atoms with van der Waals surface area (Å²) >= 11 is 0. The second-order valence-corrected chi connectivity index (χ2v) is 21.4. The van der Waals surface area contributed by atoms with Crippen molar-refractivity contribution in [2.75, 3.05) is 0 Å². The van der Waals surface area contributed by atoms with E-state index in [9.17, 15) is 25.9 Å².